The monoisotopic (exact) mass is 202 g/mol. The highest BCUT2D eigenvalue weighted by Crippen LogP contribution is 2.17. The first-order valence-corrected chi connectivity index (χ1v) is 4.75. The van der Waals surface area contributed by atoms with Crippen LogP contribution in [0.1, 0.15) is 20.8 Å². The first kappa shape index (κ1) is 10.2. The minimum absolute atomic E-state index is 0.0974. The molecule has 0 saturated heterocycles. The molecule has 5 nitrogen and oxygen atoms in total. The Morgan fingerprint density at radius 1 is 1.62 bits per heavy atom. The lowest BCUT2D eigenvalue weighted by Gasteiger charge is -2.26. The number of anilines is 2. The van der Waals surface area contributed by atoms with Gasteiger partial charge in [0.05, 0.1) is 11.6 Å². The van der Waals surface area contributed by atoms with Crippen molar-refractivity contribution < 1.29 is 5.11 Å². The van der Waals surface area contributed by atoms with Crippen LogP contribution < -0.4 is 11.1 Å². The largest absolute Gasteiger partial charge is 0.388 e. The molecule has 1 aromatic heterocycles. The van der Waals surface area contributed by atoms with E-state index in [4.69, 9.17) is 5.73 Å². The van der Waals surface area contributed by atoms with Gasteiger partial charge in [-0.25, -0.2) is 0 Å². The molecule has 0 bridgehead atoms. The second-order valence-electron chi connectivity index (χ2n) is 3.48. The van der Waals surface area contributed by atoms with Crippen LogP contribution in [0, 0.1) is 0 Å². The number of nitrogens with zero attached hydrogens (tertiary/aromatic N) is 2. The Bertz CT molecular complexity index is 280. The molecule has 0 aliphatic rings. The van der Waals surface area contributed by atoms with Crippen LogP contribution in [-0.4, -0.2) is 26.1 Å². The van der Waals surface area contributed by atoms with Crippen LogP contribution in [-0.2, 0) is 0 Å². The number of rotatable bonds is 3. The van der Waals surface area contributed by atoms with E-state index in [1.807, 2.05) is 6.92 Å². The Hall–Kier alpha value is -0.880. The van der Waals surface area contributed by atoms with Crippen LogP contribution in [0.15, 0.2) is 0 Å². The molecule has 0 aromatic carbocycles. The van der Waals surface area contributed by atoms with Crippen molar-refractivity contribution in [3.63, 3.8) is 0 Å². The molecule has 0 spiro atoms. The molecule has 0 aliphatic heterocycles. The maximum Gasteiger partial charge on any atom is 0.233 e. The Morgan fingerprint density at radius 3 is 2.62 bits per heavy atom. The first-order chi connectivity index (χ1) is 5.89. The van der Waals surface area contributed by atoms with Gasteiger partial charge >= 0.3 is 0 Å². The van der Waals surface area contributed by atoms with Crippen molar-refractivity contribution in [2.75, 3.05) is 11.1 Å². The molecular weight excluding hydrogens is 188 g/mol. The van der Waals surface area contributed by atoms with Gasteiger partial charge in [0.2, 0.25) is 11.1 Å². The zero-order chi connectivity index (χ0) is 10.1. The summed E-state index contributed by atoms with van der Waals surface area (Å²) in [6, 6.07) is -0.0974. The van der Waals surface area contributed by atoms with Gasteiger partial charge in [0.15, 0.2) is 0 Å². The number of hydrogen-bond donors (Lipinski definition) is 3. The SMILES string of the molecule is CC(Nc1nc(N)ns1)C(C)(C)O. The summed E-state index contributed by atoms with van der Waals surface area (Å²) in [5.74, 6) is 0.260. The molecule has 13 heavy (non-hydrogen) atoms. The van der Waals surface area contributed by atoms with Crippen molar-refractivity contribution in [2.24, 2.45) is 0 Å². The molecule has 0 radical (unpaired) electrons. The van der Waals surface area contributed by atoms with Crippen LogP contribution in [0.2, 0.25) is 0 Å². The third kappa shape index (κ3) is 2.82. The molecule has 0 aliphatic carbocycles. The first-order valence-electron chi connectivity index (χ1n) is 3.97. The van der Waals surface area contributed by atoms with E-state index in [0.717, 1.165) is 0 Å². The van der Waals surface area contributed by atoms with Gasteiger partial charge in [-0.15, -0.1) is 0 Å². The van der Waals surface area contributed by atoms with Gasteiger partial charge in [0.25, 0.3) is 0 Å². The van der Waals surface area contributed by atoms with Crippen LogP contribution >= 0.6 is 11.5 Å². The zero-order valence-electron chi connectivity index (χ0n) is 7.90. The van der Waals surface area contributed by atoms with Gasteiger partial charge in [0.1, 0.15) is 0 Å². The Labute approximate surface area is 81.2 Å². The van der Waals surface area contributed by atoms with Crippen LogP contribution in [0.4, 0.5) is 11.1 Å². The normalized spacial score (nSPS) is 14.2. The highest BCUT2D eigenvalue weighted by molar-refractivity contribution is 7.09. The van der Waals surface area contributed by atoms with E-state index in [0.29, 0.717) is 5.13 Å². The lowest BCUT2D eigenvalue weighted by molar-refractivity contribution is 0.0649. The van der Waals surface area contributed by atoms with E-state index < -0.39 is 5.60 Å². The fourth-order valence-corrected chi connectivity index (χ4v) is 1.24. The topological polar surface area (TPSA) is 84.1 Å². The van der Waals surface area contributed by atoms with E-state index in [9.17, 15) is 5.11 Å². The fraction of sp³-hybridized carbons (Fsp3) is 0.714. The number of nitrogens with one attached hydrogen (secondary N) is 1. The van der Waals surface area contributed by atoms with Crippen molar-refractivity contribution in [1.82, 2.24) is 9.36 Å². The molecular formula is C7H14N4OS. The van der Waals surface area contributed by atoms with Crippen molar-refractivity contribution in [3.8, 4) is 0 Å². The predicted octanol–water partition coefficient (Wildman–Crippen LogP) is 0.692. The summed E-state index contributed by atoms with van der Waals surface area (Å²) in [7, 11) is 0. The molecule has 0 fully saturated rings. The molecule has 4 N–H and O–H groups in total. The number of nitrogen functional groups attached to an aromatic ring is 1. The smallest absolute Gasteiger partial charge is 0.233 e. The predicted molar refractivity (Wildman–Crippen MR) is 53.7 cm³/mol. The summed E-state index contributed by atoms with van der Waals surface area (Å²) in [5, 5.41) is 13.3. The maximum absolute atomic E-state index is 9.62. The van der Waals surface area contributed by atoms with E-state index in [1.54, 1.807) is 13.8 Å². The van der Waals surface area contributed by atoms with Gasteiger partial charge in [-0.1, -0.05) is 0 Å². The minimum atomic E-state index is -0.791. The Kier molecular flexibility index (Phi) is 2.72. The standard InChI is InChI=1S/C7H14N4OS/c1-4(7(2,3)12)9-6-10-5(8)11-13-6/h4,12H,1-3H3,(H3,8,9,10,11). The van der Waals surface area contributed by atoms with Gasteiger partial charge in [-0.3, -0.25) is 0 Å². The summed E-state index contributed by atoms with van der Waals surface area (Å²) in [5.41, 5.74) is 4.56. The Morgan fingerprint density at radius 2 is 2.23 bits per heavy atom. The molecule has 1 aromatic rings. The zero-order valence-corrected chi connectivity index (χ0v) is 8.72. The minimum Gasteiger partial charge on any atom is -0.388 e. The van der Waals surface area contributed by atoms with Crippen molar-refractivity contribution in [2.45, 2.75) is 32.4 Å². The molecule has 1 heterocycles. The molecule has 74 valence electrons. The fourth-order valence-electron chi connectivity index (χ4n) is 0.655. The summed E-state index contributed by atoms with van der Waals surface area (Å²) >= 11 is 1.19. The second kappa shape index (κ2) is 3.47. The lowest BCUT2D eigenvalue weighted by atomic mass is 10.0. The summed E-state index contributed by atoms with van der Waals surface area (Å²) in [4.78, 5) is 3.93. The summed E-state index contributed by atoms with van der Waals surface area (Å²) in [6.45, 7) is 5.34. The molecule has 0 saturated carbocycles. The third-order valence-corrected chi connectivity index (χ3v) is 2.50. The van der Waals surface area contributed by atoms with E-state index in [1.165, 1.54) is 11.5 Å². The molecule has 1 unspecified atom stereocenters. The second-order valence-corrected chi connectivity index (χ2v) is 4.23. The number of aliphatic hydroxyl groups is 1. The third-order valence-electron chi connectivity index (χ3n) is 1.84. The summed E-state index contributed by atoms with van der Waals surface area (Å²) < 4.78 is 3.82. The molecule has 6 heteroatoms. The number of hydrogen-bond acceptors (Lipinski definition) is 6. The van der Waals surface area contributed by atoms with Crippen LogP contribution in [0.5, 0.6) is 0 Å². The highest BCUT2D eigenvalue weighted by atomic mass is 32.1. The molecule has 0 amide bonds. The molecule has 1 rings (SSSR count). The number of aromatic nitrogens is 2. The van der Waals surface area contributed by atoms with Crippen molar-refractivity contribution in [1.29, 1.82) is 0 Å². The van der Waals surface area contributed by atoms with Crippen molar-refractivity contribution >= 4 is 22.6 Å². The lowest BCUT2D eigenvalue weighted by Crippen LogP contribution is -2.39. The average Bonchev–Trinajstić information content (AvgIpc) is 2.33. The van der Waals surface area contributed by atoms with Gasteiger partial charge in [0, 0.05) is 11.5 Å². The van der Waals surface area contributed by atoms with Gasteiger partial charge in [-0.05, 0) is 20.8 Å². The van der Waals surface area contributed by atoms with Gasteiger partial charge < -0.3 is 16.2 Å². The van der Waals surface area contributed by atoms with Crippen LogP contribution in [0.3, 0.4) is 0 Å². The average molecular weight is 202 g/mol. The van der Waals surface area contributed by atoms with E-state index in [-0.39, 0.29) is 12.0 Å². The quantitative estimate of drug-likeness (QED) is 0.671. The van der Waals surface area contributed by atoms with E-state index in [2.05, 4.69) is 14.7 Å². The summed E-state index contributed by atoms with van der Waals surface area (Å²) in [6.07, 6.45) is 0. The van der Waals surface area contributed by atoms with E-state index >= 15 is 0 Å². The van der Waals surface area contributed by atoms with Gasteiger partial charge in [-0.2, -0.15) is 9.36 Å². The van der Waals surface area contributed by atoms with Crippen molar-refractivity contribution in [3.05, 3.63) is 0 Å². The maximum atomic E-state index is 9.62. The molecule has 1 atom stereocenters. The number of nitrogens with two attached hydrogens (primary N) is 1. The highest BCUT2D eigenvalue weighted by Gasteiger charge is 2.22. The Balaban J connectivity index is 2.60. The van der Waals surface area contributed by atoms with Crippen LogP contribution in [0.25, 0.3) is 0 Å².